The summed E-state index contributed by atoms with van der Waals surface area (Å²) < 4.78 is 14.8. The van der Waals surface area contributed by atoms with Crippen molar-refractivity contribution in [3.63, 3.8) is 0 Å². The molecule has 1 aromatic heterocycles. The number of aromatic nitrogens is 2. The summed E-state index contributed by atoms with van der Waals surface area (Å²) in [6.07, 6.45) is 5.24. The molecular weight excluding hydrogens is 401 g/mol. The number of halogens is 1. The zero-order chi connectivity index (χ0) is 22.2. The molecule has 1 unspecified atom stereocenters. The van der Waals surface area contributed by atoms with Crippen LogP contribution < -0.4 is 10.6 Å². The third-order valence-electron chi connectivity index (χ3n) is 6.25. The first-order chi connectivity index (χ1) is 14.8. The second-order valence-electron chi connectivity index (χ2n) is 8.48. The van der Waals surface area contributed by atoms with Gasteiger partial charge in [0.15, 0.2) is 5.69 Å². The Hall–Kier alpha value is -3.23. The fraction of sp³-hybridized carbons (Fsp3) is 0.455. The molecule has 164 valence electrons. The molecule has 2 heterocycles. The molecule has 0 bridgehead atoms. The molecular formula is C22H26FN5O3. The highest BCUT2D eigenvalue weighted by atomic mass is 19.1. The zero-order valence-electron chi connectivity index (χ0n) is 17.7. The summed E-state index contributed by atoms with van der Waals surface area (Å²) >= 11 is 0. The summed E-state index contributed by atoms with van der Waals surface area (Å²) in [5, 5.41) is 9.92. The van der Waals surface area contributed by atoms with Crippen molar-refractivity contribution in [2.24, 2.45) is 0 Å². The summed E-state index contributed by atoms with van der Waals surface area (Å²) in [4.78, 5) is 40.1. The molecule has 2 aliphatic rings. The lowest BCUT2D eigenvalue weighted by Gasteiger charge is -2.41. The normalized spacial score (nSPS) is 21.5. The van der Waals surface area contributed by atoms with Gasteiger partial charge in [-0.15, -0.1) is 0 Å². The van der Waals surface area contributed by atoms with E-state index in [4.69, 9.17) is 0 Å². The summed E-state index contributed by atoms with van der Waals surface area (Å²) in [6, 6.07) is 7.03. The lowest BCUT2D eigenvalue weighted by molar-refractivity contribution is -0.133. The van der Waals surface area contributed by atoms with E-state index in [1.54, 1.807) is 20.0 Å². The maximum Gasteiger partial charge on any atom is 0.276 e. The molecule has 1 aromatic carbocycles. The summed E-state index contributed by atoms with van der Waals surface area (Å²) in [5.41, 5.74) is -0.576. The number of anilines is 1. The van der Waals surface area contributed by atoms with E-state index < -0.39 is 17.3 Å². The van der Waals surface area contributed by atoms with Crippen LogP contribution in [0.1, 0.15) is 60.0 Å². The van der Waals surface area contributed by atoms with Crippen LogP contribution in [-0.4, -0.2) is 51.0 Å². The molecule has 3 amide bonds. The van der Waals surface area contributed by atoms with Gasteiger partial charge in [0.25, 0.3) is 11.8 Å². The van der Waals surface area contributed by atoms with Gasteiger partial charge in [-0.25, -0.2) is 4.39 Å². The molecule has 0 radical (unpaired) electrons. The van der Waals surface area contributed by atoms with Gasteiger partial charge in [-0.1, -0.05) is 25.3 Å². The topological polar surface area (TPSA) is 96.3 Å². The number of hydrogen-bond donors (Lipinski definition) is 2. The van der Waals surface area contributed by atoms with E-state index in [0.717, 1.165) is 25.7 Å². The fourth-order valence-electron chi connectivity index (χ4n) is 4.19. The molecule has 2 aromatic rings. The Balaban J connectivity index is 1.53. The Labute approximate surface area is 179 Å². The summed E-state index contributed by atoms with van der Waals surface area (Å²) in [7, 11) is 1.59. The van der Waals surface area contributed by atoms with Crippen LogP contribution in [0.4, 0.5) is 10.1 Å². The molecule has 2 N–H and O–H groups in total. The maximum absolute atomic E-state index is 13.4. The number of carbonyl (C=O) groups excluding carboxylic acids is 3. The number of nitrogens with zero attached hydrogens (tertiary/aromatic N) is 3. The van der Waals surface area contributed by atoms with Crippen molar-refractivity contribution in [2.75, 3.05) is 12.4 Å². The minimum Gasteiger partial charge on any atom is -0.351 e. The lowest BCUT2D eigenvalue weighted by atomic mass is 9.92. The average Bonchev–Trinajstić information content (AvgIpc) is 3.17. The van der Waals surface area contributed by atoms with Crippen molar-refractivity contribution >= 4 is 23.4 Å². The van der Waals surface area contributed by atoms with Crippen LogP contribution in [0.3, 0.4) is 0 Å². The van der Waals surface area contributed by atoms with Gasteiger partial charge in [0.2, 0.25) is 5.91 Å². The number of hydrogen-bond acceptors (Lipinski definition) is 4. The van der Waals surface area contributed by atoms with Gasteiger partial charge in [0.05, 0.1) is 6.54 Å². The van der Waals surface area contributed by atoms with Crippen molar-refractivity contribution in [2.45, 2.75) is 57.2 Å². The lowest BCUT2D eigenvalue weighted by Crippen LogP contribution is -2.63. The molecule has 1 saturated carbocycles. The molecule has 9 heteroatoms. The van der Waals surface area contributed by atoms with Crippen LogP contribution in [0.25, 0.3) is 0 Å². The quantitative estimate of drug-likeness (QED) is 0.784. The Morgan fingerprint density at radius 2 is 1.94 bits per heavy atom. The predicted octanol–water partition coefficient (Wildman–Crippen LogP) is 2.57. The highest BCUT2D eigenvalue weighted by molar-refractivity contribution is 6.05. The number of amides is 3. The van der Waals surface area contributed by atoms with Crippen molar-refractivity contribution < 1.29 is 18.8 Å². The number of fused-ring (bicyclic) bond motifs is 1. The highest BCUT2D eigenvalue weighted by Gasteiger charge is 2.46. The first kappa shape index (κ1) is 21.0. The molecule has 1 fully saturated rings. The number of likely N-dealkylation sites (N-methyl/N-ethyl adjacent to an activating group) is 1. The van der Waals surface area contributed by atoms with Gasteiger partial charge in [0.1, 0.15) is 17.1 Å². The monoisotopic (exact) mass is 427 g/mol. The van der Waals surface area contributed by atoms with E-state index in [2.05, 4.69) is 15.7 Å². The summed E-state index contributed by atoms with van der Waals surface area (Å²) in [6.45, 7) is 1.84. The standard InChI is InChI=1S/C22H26FN5O3/c1-22(21(31)25-15-8-4-3-5-9-15)13-28-18(20(30)27(22)2)12-17(26-28)19(29)24-16-10-6-7-14(23)11-16/h6-7,10-12,15H,3-5,8-9,13H2,1-2H3,(H,24,29)(H,25,31). The highest BCUT2D eigenvalue weighted by Crippen LogP contribution is 2.27. The molecule has 1 atom stereocenters. The Kier molecular flexibility index (Phi) is 5.51. The summed E-state index contributed by atoms with van der Waals surface area (Å²) in [5.74, 6) is -1.64. The average molecular weight is 427 g/mol. The smallest absolute Gasteiger partial charge is 0.276 e. The van der Waals surface area contributed by atoms with Gasteiger partial charge >= 0.3 is 0 Å². The Morgan fingerprint density at radius 1 is 1.19 bits per heavy atom. The maximum atomic E-state index is 13.4. The van der Waals surface area contributed by atoms with E-state index in [1.807, 2.05) is 0 Å². The van der Waals surface area contributed by atoms with E-state index in [-0.39, 0.29) is 41.5 Å². The predicted molar refractivity (Wildman–Crippen MR) is 112 cm³/mol. The zero-order valence-corrected chi connectivity index (χ0v) is 17.7. The van der Waals surface area contributed by atoms with Crippen molar-refractivity contribution in [3.8, 4) is 0 Å². The van der Waals surface area contributed by atoms with Gasteiger partial charge in [-0.3, -0.25) is 19.1 Å². The van der Waals surface area contributed by atoms with Crippen LogP contribution >= 0.6 is 0 Å². The van der Waals surface area contributed by atoms with Crippen molar-refractivity contribution in [3.05, 3.63) is 47.5 Å². The SMILES string of the molecule is CN1C(=O)c2cc(C(=O)Nc3cccc(F)c3)nn2CC1(C)C(=O)NC1CCCCC1. The van der Waals surface area contributed by atoms with Gasteiger partial charge in [-0.2, -0.15) is 5.10 Å². The first-order valence-electron chi connectivity index (χ1n) is 10.5. The van der Waals surface area contributed by atoms with E-state index in [9.17, 15) is 18.8 Å². The third kappa shape index (κ3) is 4.04. The van der Waals surface area contributed by atoms with Crippen LogP contribution in [-0.2, 0) is 11.3 Å². The van der Waals surface area contributed by atoms with Gasteiger partial charge < -0.3 is 15.5 Å². The van der Waals surface area contributed by atoms with Crippen molar-refractivity contribution in [1.29, 1.82) is 0 Å². The van der Waals surface area contributed by atoms with Crippen LogP contribution in [0, 0.1) is 5.82 Å². The second-order valence-corrected chi connectivity index (χ2v) is 8.48. The second kappa shape index (κ2) is 8.13. The minimum atomic E-state index is -1.12. The number of nitrogens with one attached hydrogen (secondary N) is 2. The first-order valence-corrected chi connectivity index (χ1v) is 10.5. The molecule has 1 aliphatic carbocycles. The molecule has 31 heavy (non-hydrogen) atoms. The Morgan fingerprint density at radius 3 is 2.65 bits per heavy atom. The molecule has 0 spiro atoms. The van der Waals surface area contributed by atoms with E-state index in [1.165, 1.54) is 40.3 Å². The van der Waals surface area contributed by atoms with E-state index in [0.29, 0.717) is 0 Å². The molecule has 1 aliphatic heterocycles. The molecule has 0 saturated heterocycles. The van der Waals surface area contributed by atoms with Gasteiger partial charge in [-0.05, 0) is 38.0 Å². The fourth-order valence-corrected chi connectivity index (χ4v) is 4.19. The largest absolute Gasteiger partial charge is 0.351 e. The number of benzene rings is 1. The van der Waals surface area contributed by atoms with Crippen LogP contribution in [0.15, 0.2) is 30.3 Å². The van der Waals surface area contributed by atoms with E-state index >= 15 is 0 Å². The number of rotatable bonds is 4. The van der Waals surface area contributed by atoms with Crippen LogP contribution in [0.5, 0.6) is 0 Å². The third-order valence-corrected chi connectivity index (χ3v) is 6.25. The van der Waals surface area contributed by atoms with Crippen molar-refractivity contribution in [1.82, 2.24) is 20.0 Å². The Bertz CT molecular complexity index is 1030. The number of carbonyl (C=O) groups is 3. The molecule has 4 rings (SSSR count). The molecule has 8 nitrogen and oxygen atoms in total. The minimum absolute atomic E-state index is 0.0259. The van der Waals surface area contributed by atoms with Gasteiger partial charge in [0, 0.05) is 24.8 Å². The van der Waals surface area contributed by atoms with Crippen LogP contribution in [0.2, 0.25) is 0 Å².